The average Bonchev–Trinajstić information content (AvgIpc) is 3.25. The van der Waals surface area contributed by atoms with Gasteiger partial charge in [-0.3, -0.25) is 0 Å². The Morgan fingerprint density at radius 1 is 1.00 bits per heavy atom. The predicted molar refractivity (Wildman–Crippen MR) is 116 cm³/mol. The van der Waals surface area contributed by atoms with Gasteiger partial charge >= 0.3 is 0 Å². The van der Waals surface area contributed by atoms with E-state index in [4.69, 9.17) is 9.47 Å². The van der Waals surface area contributed by atoms with Gasteiger partial charge in [-0.2, -0.15) is 0 Å². The van der Waals surface area contributed by atoms with E-state index in [1.807, 2.05) is 30.5 Å². The lowest BCUT2D eigenvalue weighted by molar-refractivity contribution is 0.394. The first-order valence-corrected chi connectivity index (χ1v) is 10.3. The molecule has 0 spiro atoms. The molecule has 1 aliphatic rings. The van der Waals surface area contributed by atoms with Gasteiger partial charge in [0.2, 0.25) is 0 Å². The van der Waals surface area contributed by atoms with Crippen LogP contribution in [0.15, 0.2) is 54.7 Å². The zero-order valence-electron chi connectivity index (χ0n) is 16.2. The van der Waals surface area contributed by atoms with Crippen molar-refractivity contribution in [2.24, 2.45) is 0 Å². The van der Waals surface area contributed by atoms with E-state index in [2.05, 4.69) is 39.5 Å². The Morgan fingerprint density at radius 2 is 1.68 bits per heavy atom. The highest BCUT2D eigenvalue weighted by Gasteiger charge is 2.21. The average molecular weight is 396 g/mol. The molecule has 0 unspecified atom stereocenters. The monoisotopic (exact) mass is 395 g/mol. The lowest BCUT2D eigenvalue weighted by Crippen LogP contribution is -2.39. The number of nitrogens with zero attached hydrogens (tertiary/aromatic N) is 2. The summed E-state index contributed by atoms with van der Waals surface area (Å²) in [5, 5.41) is 4.74. The first-order chi connectivity index (χ1) is 13.7. The molecule has 0 atom stereocenters. The van der Waals surface area contributed by atoms with Gasteiger partial charge in [0.1, 0.15) is 11.5 Å². The van der Waals surface area contributed by atoms with Gasteiger partial charge in [-0.25, -0.2) is 4.98 Å². The fourth-order valence-corrected chi connectivity index (χ4v) is 4.46. The molecule has 3 aromatic rings. The van der Waals surface area contributed by atoms with Crippen molar-refractivity contribution >= 4 is 22.2 Å². The summed E-state index contributed by atoms with van der Waals surface area (Å²) >= 11 is 1.77. The standard InChI is InChI=1S/C22H25N3O2S/c1-26-19-12-18(13-20(14-19)27-2)24-17-8-10-25(11-9-17)22-23-15-21(28-22)16-6-4-3-5-7-16/h3-7,12-15,17,24H,8-11H2,1-2H3. The molecule has 2 aromatic carbocycles. The van der Waals surface area contributed by atoms with Crippen LogP contribution in [0.4, 0.5) is 10.8 Å². The molecule has 0 bridgehead atoms. The smallest absolute Gasteiger partial charge is 0.185 e. The number of hydrogen-bond acceptors (Lipinski definition) is 6. The van der Waals surface area contributed by atoms with Crippen LogP contribution in [0.3, 0.4) is 0 Å². The molecule has 0 saturated carbocycles. The summed E-state index contributed by atoms with van der Waals surface area (Å²) in [4.78, 5) is 8.27. The number of methoxy groups -OCH3 is 2. The van der Waals surface area contributed by atoms with E-state index in [0.717, 1.165) is 48.2 Å². The van der Waals surface area contributed by atoms with Gasteiger partial charge in [-0.15, -0.1) is 0 Å². The Labute approximate surface area is 169 Å². The molecule has 6 heteroatoms. The molecular weight excluding hydrogens is 370 g/mol. The Bertz CT molecular complexity index is 883. The number of anilines is 2. The van der Waals surface area contributed by atoms with Crippen LogP contribution >= 0.6 is 11.3 Å². The van der Waals surface area contributed by atoms with Gasteiger partial charge in [0.15, 0.2) is 5.13 Å². The van der Waals surface area contributed by atoms with Crippen molar-refractivity contribution in [3.8, 4) is 21.9 Å². The molecule has 4 rings (SSSR count). The van der Waals surface area contributed by atoms with Crippen LogP contribution < -0.4 is 19.7 Å². The predicted octanol–water partition coefficient (Wildman–Crippen LogP) is 4.91. The first kappa shape index (κ1) is 18.6. The number of thiazole rings is 1. The quantitative estimate of drug-likeness (QED) is 0.643. The van der Waals surface area contributed by atoms with Gasteiger partial charge in [-0.05, 0) is 18.4 Å². The molecule has 28 heavy (non-hydrogen) atoms. The molecule has 0 aliphatic carbocycles. The normalized spacial score (nSPS) is 14.7. The molecule has 0 radical (unpaired) electrons. The highest BCUT2D eigenvalue weighted by Crippen LogP contribution is 2.33. The van der Waals surface area contributed by atoms with Crippen LogP contribution in [0.5, 0.6) is 11.5 Å². The maximum Gasteiger partial charge on any atom is 0.185 e. The van der Waals surface area contributed by atoms with Crippen LogP contribution in [0.1, 0.15) is 12.8 Å². The highest BCUT2D eigenvalue weighted by atomic mass is 32.1. The Balaban J connectivity index is 1.37. The molecule has 1 aliphatic heterocycles. The number of ether oxygens (including phenoxy) is 2. The summed E-state index contributed by atoms with van der Waals surface area (Å²) < 4.78 is 10.7. The SMILES string of the molecule is COc1cc(NC2CCN(c3ncc(-c4ccccc4)s3)CC2)cc(OC)c1. The maximum atomic E-state index is 5.37. The van der Waals surface area contributed by atoms with Gasteiger partial charge in [0, 0.05) is 49.2 Å². The third-order valence-electron chi connectivity index (χ3n) is 5.04. The fraction of sp³-hybridized carbons (Fsp3) is 0.318. The second kappa shape index (κ2) is 8.52. The lowest BCUT2D eigenvalue weighted by Gasteiger charge is -2.32. The van der Waals surface area contributed by atoms with Crippen LogP contribution in [0, 0.1) is 0 Å². The number of piperidine rings is 1. The summed E-state index contributed by atoms with van der Waals surface area (Å²) in [5.74, 6) is 1.60. The molecular formula is C22H25N3O2S. The number of aromatic nitrogens is 1. The number of rotatable bonds is 6. The van der Waals surface area contributed by atoms with E-state index in [-0.39, 0.29) is 0 Å². The van der Waals surface area contributed by atoms with Crippen LogP contribution in [-0.4, -0.2) is 38.3 Å². The number of nitrogens with one attached hydrogen (secondary N) is 1. The molecule has 1 fully saturated rings. The van der Waals surface area contributed by atoms with Crippen molar-refractivity contribution in [2.75, 3.05) is 37.5 Å². The lowest BCUT2D eigenvalue weighted by atomic mass is 10.0. The Morgan fingerprint density at radius 3 is 2.32 bits per heavy atom. The highest BCUT2D eigenvalue weighted by molar-refractivity contribution is 7.18. The minimum absolute atomic E-state index is 0.432. The Hall–Kier alpha value is -2.73. The summed E-state index contributed by atoms with van der Waals surface area (Å²) in [6.45, 7) is 2.00. The van der Waals surface area contributed by atoms with E-state index >= 15 is 0 Å². The van der Waals surface area contributed by atoms with E-state index < -0.39 is 0 Å². The van der Waals surface area contributed by atoms with Crippen molar-refractivity contribution in [3.05, 3.63) is 54.7 Å². The summed E-state index contributed by atoms with van der Waals surface area (Å²) in [6.07, 6.45) is 4.13. The van der Waals surface area contributed by atoms with Crippen molar-refractivity contribution in [1.29, 1.82) is 0 Å². The molecule has 5 nitrogen and oxygen atoms in total. The van der Waals surface area contributed by atoms with Crippen LogP contribution in [-0.2, 0) is 0 Å². The van der Waals surface area contributed by atoms with E-state index in [0.29, 0.717) is 6.04 Å². The zero-order valence-corrected chi connectivity index (χ0v) is 17.0. The molecule has 2 heterocycles. The van der Waals surface area contributed by atoms with E-state index in [1.165, 1.54) is 10.4 Å². The maximum absolute atomic E-state index is 5.37. The third-order valence-corrected chi connectivity index (χ3v) is 6.15. The molecule has 1 saturated heterocycles. The Kier molecular flexibility index (Phi) is 5.67. The minimum atomic E-state index is 0.432. The number of hydrogen-bond donors (Lipinski definition) is 1. The summed E-state index contributed by atoms with van der Waals surface area (Å²) in [6, 6.07) is 16.8. The summed E-state index contributed by atoms with van der Waals surface area (Å²) in [7, 11) is 3.35. The van der Waals surface area contributed by atoms with Crippen LogP contribution in [0.25, 0.3) is 10.4 Å². The van der Waals surface area contributed by atoms with Crippen molar-refractivity contribution in [2.45, 2.75) is 18.9 Å². The van der Waals surface area contributed by atoms with E-state index in [1.54, 1.807) is 25.6 Å². The van der Waals surface area contributed by atoms with E-state index in [9.17, 15) is 0 Å². The topological polar surface area (TPSA) is 46.6 Å². The second-order valence-electron chi connectivity index (χ2n) is 6.88. The minimum Gasteiger partial charge on any atom is -0.497 e. The summed E-state index contributed by atoms with van der Waals surface area (Å²) in [5.41, 5.74) is 2.27. The van der Waals surface area contributed by atoms with Crippen molar-refractivity contribution in [1.82, 2.24) is 4.98 Å². The molecule has 0 amide bonds. The van der Waals surface area contributed by atoms with Crippen molar-refractivity contribution in [3.63, 3.8) is 0 Å². The first-order valence-electron chi connectivity index (χ1n) is 9.51. The van der Waals surface area contributed by atoms with Crippen molar-refractivity contribution < 1.29 is 9.47 Å². The van der Waals surface area contributed by atoms with Gasteiger partial charge in [0.25, 0.3) is 0 Å². The largest absolute Gasteiger partial charge is 0.497 e. The fourth-order valence-electron chi connectivity index (χ4n) is 3.49. The second-order valence-corrected chi connectivity index (χ2v) is 7.89. The van der Waals surface area contributed by atoms with Gasteiger partial charge in [0.05, 0.1) is 19.1 Å². The molecule has 146 valence electrons. The number of benzene rings is 2. The van der Waals surface area contributed by atoms with Gasteiger partial charge in [-0.1, -0.05) is 41.7 Å². The zero-order chi connectivity index (χ0) is 19.3. The molecule has 1 aromatic heterocycles. The third kappa shape index (κ3) is 4.22. The van der Waals surface area contributed by atoms with Crippen LogP contribution in [0.2, 0.25) is 0 Å². The van der Waals surface area contributed by atoms with Gasteiger partial charge < -0.3 is 19.7 Å². The molecule has 1 N–H and O–H groups in total.